The summed E-state index contributed by atoms with van der Waals surface area (Å²) in [7, 11) is 0. The van der Waals surface area contributed by atoms with Crippen LogP contribution in [0, 0.1) is 3.57 Å². The van der Waals surface area contributed by atoms with Crippen LogP contribution in [-0.2, 0) is 6.54 Å². The fraction of sp³-hybridized carbons (Fsp3) is 0.316. The first-order valence-corrected chi connectivity index (χ1v) is 9.36. The van der Waals surface area contributed by atoms with E-state index in [0.717, 1.165) is 48.4 Å². The highest BCUT2D eigenvalue weighted by Crippen LogP contribution is 2.13. The number of benzene rings is 2. The van der Waals surface area contributed by atoms with Gasteiger partial charge in [0.2, 0.25) is 0 Å². The lowest BCUT2D eigenvalue weighted by molar-refractivity contribution is 0.211. The molecular formula is C19H22IN3O. The second-order valence-electron chi connectivity index (χ2n) is 6.04. The van der Waals surface area contributed by atoms with Gasteiger partial charge in [-0.25, -0.2) is 4.79 Å². The van der Waals surface area contributed by atoms with Crippen molar-refractivity contribution >= 4 is 34.3 Å². The molecule has 0 radical (unpaired) electrons. The Morgan fingerprint density at radius 3 is 2.46 bits per heavy atom. The Bertz CT molecular complexity index is 660. The number of carbonyl (C=O) groups excluding carboxylic acids is 1. The maximum atomic E-state index is 12.5. The Kier molecular flexibility index (Phi) is 6.09. The molecule has 0 aliphatic carbocycles. The van der Waals surface area contributed by atoms with Crippen LogP contribution in [0.25, 0.3) is 0 Å². The van der Waals surface area contributed by atoms with E-state index in [1.165, 1.54) is 5.56 Å². The third-order valence-corrected chi connectivity index (χ3v) is 4.94. The summed E-state index contributed by atoms with van der Waals surface area (Å²) in [6.07, 6.45) is 1.01. The highest BCUT2D eigenvalue weighted by atomic mass is 127. The van der Waals surface area contributed by atoms with Crippen molar-refractivity contribution in [1.82, 2.24) is 9.80 Å². The average molecular weight is 435 g/mol. The lowest BCUT2D eigenvalue weighted by Gasteiger charge is -2.22. The van der Waals surface area contributed by atoms with Crippen molar-refractivity contribution in [3.05, 3.63) is 63.7 Å². The van der Waals surface area contributed by atoms with Gasteiger partial charge in [-0.05, 0) is 58.8 Å². The van der Waals surface area contributed by atoms with Crippen molar-refractivity contribution in [2.24, 2.45) is 0 Å². The number of carbonyl (C=O) groups is 1. The molecule has 2 amide bonds. The molecule has 5 heteroatoms. The summed E-state index contributed by atoms with van der Waals surface area (Å²) < 4.78 is 1.16. The van der Waals surface area contributed by atoms with Crippen LogP contribution in [0.3, 0.4) is 0 Å². The van der Waals surface area contributed by atoms with E-state index in [-0.39, 0.29) is 6.03 Å². The lowest BCUT2D eigenvalue weighted by Crippen LogP contribution is -2.38. The summed E-state index contributed by atoms with van der Waals surface area (Å²) in [6.45, 7) is 4.47. The van der Waals surface area contributed by atoms with Gasteiger partial charge in [0.1, 0.15) is 0 Å². The Hall–Kier alpha value is -1.60. The molecule has 1 aliphatic rings. The molecule has 0 saturated carbocycles. The van der Waals surface area contributed by atoms with Gasteiger partial charge < -0.3 is 10.2 Å². The van der Waals surface area contributed by atoms with E-state index in [1.54, 1.807) is 0 Å². The van der Waals surface area contributed by atoms with E-state index in [0.29, 0.717) is 0 Å². The monoisotopic (exact) mass is 435 g/mol. The third kappa shape index (κ3) is 4.95. The summed E-state index contributed by atoms with van der Waals surface area (Å²) >= 11 is 2.26. The van der Waals surface area contributed by atoms with Crippen molar-refractivity contribution in [2.75, 3.05) is 31.5 Å². The van der Waals surface area contributed by atoms with E-state index in [4.69, 9.17) is 0 Å². The van der Waals surface area contributed by atoms with E-state index in [1.807, 2.05) is 35.2 Å². The zero-order valence-electron chi connectivity index (χ0n) is 13.6. The van der Waals surface area contributed by atoms with E-state index in [9.17, 15) is 4.79 Å². The molecule has 4 nitrogen and oxygen atoms in total. The van der Waals surface area contributed by atoms with E-state index < -0.39 is 0 Å². The minimum atomic E-state index is -0.00207. The van der Waals surface area contributed by atoms with Crippen molar-refractivity contribution in [2.45, 2.75) is 13.0 Å². The maximum Gasteiger partial charge on any atom is 0.321 e. The molecule has 2 aromatic rings. The molecule has 1 N–H and O–H groups in total. The Morgan fingerprint density at radius 1 is 0.958 bits per heavy atom. The summed E-state index contributed by atoms with van der Waals surface area (Å²) in [5.41, 5.74) is 2.18. The summed E-state index contributed by atoms with van der Waals surface area (Å²) in [6, 6.07) is 18.4. The minimum Gasteiger partial charge on any atom is -0.323 e. The lowest BCUT2D eigenvalue weighted by atomic mass is 10.2. The third-order valence-electron chi connectivity index (χ3n) is 4.22. The van der Waals surface area contributed by atoms with Gasteiger partial charge in [-0.2, -0.15) is 0 Å². The van der Waals surface area contributed by atoms with Crippen LogP contribution < -0.4 is 5.32 Å². The van der Waals surface area contributed by atoms with Crippen LogP contribution in [-0.4, -0.2) is 42.0 Å². The quantitative estimate of drug-likeness (QED) is 0.740. The van der Waals surface area contributed by atoms with Gasteiger partial charge in [-0.1, -0.05) is 30.3 Å². The Morgan fingerprint density at radius 2 is 1.71 bits per heavy atom. The number of nitrogens with zero attached hydrogens (tertiary/aromatic N) is 2. The zero-order valence-corrected chi connectivity index (χ0v) is 15.8. The Labute approximate surface area is 157 Å². The van der Waals surface area contributed by atoms with Crippen molar-refractivity contribution in [3.63, 3.8) is 0 Å². The molecule has 1 heterocycles. The number of rotatable bonds is 3. The number of hydrogen-bond donors (Lipinski definition) is 1. The highest BCUT2D eigenvalue weighted by molar-refractivity contribution is 14.1. The fourth-order valence-corrected chi connectivity index (χ4v) is 3.27. The second-order valence-corrected chi connectivity index (χ2v) is 7.29. The molecule has 0 aromatic heterocycles. The van der Waals surface area contributed by atoms with Gasteiger partial charge in [0.05, 0.1) is 0 Å². The highest BCUT2D eigenvalue weighted by Gasteiger charge is 2.19. The minimum absolute atomic E-state index is 0.00207. The van der Waals surface area contributed by atoms with Gasteiger partial charge in [0, 0.05) is 42.0 Å². The second kappa shape index (κ2) is 8.48. The van der Waals surface area contributed by atoms with Crippen LogP contribution >= 0.6 is 22.6 Å². The number of nitrogens with one attached hydrogen (secondary N) is 1. The molecule has 1 saturated heterocycles. The molecule has 1 fully saturated rings. The Balaban J connectivity index is 1.53. The number of anilines is 1. The molecule has 3 rings (SSSR count). The predicted octanol–water partition coefficient (Wildman–Crippen LogP) is 4.03. The van der Waals surface area contributed by atoms with Gasteiger partial charge in [0.15, 0.2) is 0 Å². The van der Waals surface area contributed by atoms with E-state index in [2.05, 4.69) is 57.1 Å². The molecule has 0 bridgehead atoms. The van der Waals surface area contributed by atoms with Crippen LogP contribution in [0.4, 0.5) is 10.5 Å². The number of halogens is 1. The maximum absolute atomic E-state index is 12.5. The SMILES string of the molecule is O=C(Nc1ccc(I)cc1)N1CCCN(Cc2ccccc2)CC1. The molecule has 24 heavy (non-hydrogen) atoms. The van der Waals surface area contributed by atoms with Gasteiger partial charge in [-0.3, -0.25) is 4.90 Å². The fourth-order valence-electron chi connectivity index (χ4n) is 2.91. The first-order chi connectivity index (χ1) is 11.7. The molecule has 2 aromatic carbocycles. The molecule has 0 spiro atoms. The largest absolute Gasteiger partial charge is 0.323 e. The molecular weight excluding hydrogens is 413 g/mol. The van der Waals surface area contributed by atoms with Crippen molar-refractivity contribution in [3.8, 4) is 0 Å². The summed E-state index contributed by atoms with van der Waals surface area (Å²) in [5.74, 6) is 0. The zero-order chi connectivity index (χ0) is 16.8. The molecule has 0 unspecified atom stereocenters. The molecule has 1 aliphatic heterocycles. The summed E-state index contributed by atoms with van der Waals surface area (Å²) in [5, 5.41) is 3.00. The van der Waals surface area contributed by atoms with Gasteiger partial charge >= 0.3 is 6.03 Å². The molecule has 126 valence electrons. The first kappa shape index (κ1) is 17.2. The van der Waals surface area contributed by atoms with E-state index >= 15 is 0 Å². The van der Waals surface area contributed by atoms with Crippen LogP contribution in [0.15, 0.2) is 54.6 Å². The van der Waals surface area contributed by atoms with Gasteiger partial charge in [-0.15, -0.1) is 0 Å². The first-order valence-electron chi connectivity index (χ1n) is 8.28. The topological polar surface area (TPSA) is 35.6 Å². The van der Waals surface area contributed by atoms with Crippen molar-refractivity contribution < 1.29 is 4.79 Å². The van der Waals surface area contributed by atoms with Gasteiger partial charge in [0.25, 0.3) is 0 Å². The predicted molar refractivity (Wildman–Crippen MR) is 106 cm³/mol. The van der Waals surface area contributed by atoms with Crippen LogP contribution in [0.2, 0.25) is 0 Å². The standard InChI is InChI=1S/C19H22IN3O/c20-17-7-9-18(10-8-17)21-19(24)23-12-4-11-22(13-14-23)15-16-5-2-1-3-6-16/h1-3,5-10H,4,11-15H2,(H,21,24). The summed E-state index contributed by atoms with van der Waals surface area (Å²) in [4.78, 5) is 16.8. The van der Waals surface area contributed by atoms with Crippen molar-refractivity contribution in [1.29, 1.82) is 0 Å². The average Bonchev–Trinajstić information content (AvgIpc) is 2.83. The van der Waals surface area contributed by atoms with Crippen LogP contribution in [0.1, 0.15) is 12.0 Å². The number of urea groups is 1. The number of hydrogen-bond acceptors (Lipinski definition) is 2. The number of amides is 2. The normalized spacial score (nSPS) is 15.8. The molecule has 0 atom stereocenters. The van der Waals surface area contributed by atoms with Crippen LogP contribution in [0.5, 0.6) is 0 Å². The smallest absolute Gasteiger partial charge is 0.321 e.